The van der Waals surface area contributed by atoms with Crippen LogP contribution in [0.4, 0.5) is 5.82 Å². The quantitative estimate of drug-likeness (QED) is 0.259. The van der Waals surface area contributed by atoms with Crippen molar-refractivity contribution in [3.63, 3.8) is 0 Å². The number of pyridine rings is 1. The van der Waals surface area contributed by atoms with Crippen LogP contribution in [0.2, 0.25) is 0 Å². The summed E-state index contributed by atoms with van der Waals surface area (Å²) in [7, 11) is 1.90. The van der Waals surface area contributed by atoms with E-state index in [1.807, 2.05) is 31.9 Å². The smallest absolute Gasteiger partial charge is 0.174 e. The van der Waals surface area contributed by atoms with Crippen molar-refractivity contribution in [3.05, 3.63) is 23.4 Å². The second-order valence-corrected chi connectivity index (χ2v) is 3.93. The first kappa shape index (κ1) is 14.2. The van der Waals surface area contributed by atoms with Crippen LogP contribution in [0.1, 0.15) is 18.1 Å². The van der Waals surface area contributed by atoms with Gasteiger partial charge in [-0.3, -0.25) is 0 Å². The van der Waals surface area contributed by atoms with E-state index in [4.69, 9.17) is 15.7 Å². The average Bonchev–Trinajstić information content (AvgIpc) is 2.37. The van der Waals surface area contributed by atoms with Crippen LogP contribution in [-0.4, -0.2) is 42.8 Å². The van der Waals surface area contributed by atoms with E-state index in [1.54, 1.807) is 6.20 Å². The number of oxime groups is 1. The van der Waals surface area contributed by atoms with Crippen LogP contribution < -0.4 is 10.6 Å². The van der Waals surface area contributed by atoms with E-state index in [9.17, 15) is 0 Å². The molecule has 0 spiro atoms. The van der Waals surface area contributed by atoms with E-state index >= 15 is 0 Å². The van der Waals surface area contributed by atoms with Gasteiger partial charge in [-0.2, -0.15) is 0 Å². The Balaban J connectivity index is 2.97. The molecule has 0 radical (unpaired) electrons. The van der Waals surface area contributed by atoms with E-state index in [2.05, 4.69) is 10.1 Å². The Morgan fingerprint density at radius 2 is 2.33 bits per heavy atom. The monoisotopic (exact) mass is 252 g/mol. The van der Waals surface area contributed by atoms with Crippen molar-refractivity contribution in [2.45, 2.75) is 13.8 Å². The molecule has 0 saturated heterocycles. The van der Waals surface area contributed by atoms with Crippen molar-refractivity contribution in [1.82, 2.24) is 4.98 Å². The molecule has 0 fully saturated rings. The first-order valence-electron chi connectivity index (χ1n) is 5.84. The first-order valence-corrected chi connectivity index (χ1v) is 5.84. The molecule has 0 saturated carbocycles. The number of likely N-dealkylation sites (N-methyl/N-ethyl adjacent to an activating group) is 1. The van der Waals surface area contributed by atoms with Crippen LogP contribution >= 0.6 is 0 Å². The van der Waals surface area contributed by atoms with Gasteiger partial charge < -0.3 is 20.6 Å². The third-order valence-corrected chi connectivity index (χ3v) is 2.64. The molecule has 18 heavy (non-hydrogen) atoms. The van der Waals surface area contributed by atoms with Crippen molar-refractivity contribution < 1.29 is 9.94 Å². The molecule has 1 rings (SSSR count). The summed E-state index contributed by atoms with van der Waals surface area (Å²) in [6, 6.07) is 1.83. The Kier molecular flexibility index (Phi) is 5.38. The predicted molar refractivity (Wildman–Crippen MR) is 71.2 cm³/mol. The number of rotatable bonds is 6. The summed E-state index contributed by atoms with van der Waals surface area (Å²) < 4.78 is 5.30. The van der Waals surface area contributed by atoms with E-state index in [0.29, 0.717) is 31.1 Å². The third kappa shape index (κ3) is 3.33. The molecule has 0 aliphatic rings. The van der Waals surface area contributed by atoms with Gasteiger partial charge in [0, 0.05) is 26.4 Å². The number of aryl methyl sites for hydroxylation is 1. The third-order valence-electron chi connectivity index (χ3n) is 2.64. The molecule has 0 aliphatic carbocycles. The highest BCUT2D eigenvalue weighted by Crippen LogP contribution is 2.19. The topological polar surface area (TPSA) is 84.0 Å². The summed E-state index contributed by atoms with van der Waals surface area (Å²) in [5.41, 5.74) is 7.26. The second-order valence-electron chi connectivity index (χ2n) is 3.93. The number of ether oxygens (including phenoxy) is 1. The maximum atomic E-state index is 8.82. The standard InChI is InChI=1S/C12H20N4O2/c1-4-18-8-7-16(3)12-10(11(13)15-17)9(2)5-6-14-12/h5-6,17H,4,7-8H2,1-3H3,(H2,13,15). The Bertz CT molecular complexity index is 421. The number of nitrogens with zero attached hydrogens (tertiary/aromatic N) is 3. The van der Waals surface area contributed by atoms with Gasteiger partial charge in [-0.05, 0) is 25.5 Å². The van der Waals surface area contributed by atoms with Gasteiger partial charge in [-0.1, -0.05) is 5.16 Å². The fourth-order valence-electron chi connectivity index (χ4n) is 1.65. The van der Waals surface area contributed by atoms with Gasteiger partial charge in [0.25, 0.3) is 0 Å². The van der Waals surface area contributed by atoms with Crippen molar-refractivity contribution in [2.75, 3.05) is 31.7 Å². The van der Waals surface area contributed by atoms with Gasteiger partial charge >= 0.3 is 0 Å². The Hall–Kier alpha value is -1.82. The zero-order valence-corrected chi connectivity index (χ0v) is 11.1. The van der Waals surface area contributed by atoms with Crippen molar-refractivity contribution in [1.29, 1.82) is 0 Å². The minimum absolute atomic E-state index is 0.0684. The lowest BCUT2D eigenvalue weighted by molar-refractivity contribution is 0.154. The maximum Gasteiger partial charge on any atom is 0.174 e. The normalized spacial score (nSPS) is 11.6. The number of anilines is 1. The molecule has 1 heterocycles. The van der Waals surface area contributed by atoms with Crippen LogP contribution in [0.5, 0.6) is 0 Å². The van der Waals surface area contributed by atoms with Gasteiger partial charge in [-0.25, -0.2) is 4.98 Å². The zero-order valence-electron chi connectivity index (χ0n) is 11.1. The summed E-state index contributed by atoms with van der Waals surface area (Å²) >= 11 is 0. The first-order chi connectivity index (χ1) is 8.61. The van der Waals surface area contributed by atoms with E-state index in [-0.39, 0.29) is 5.84 Å². The fraction of sp³-hybridized carbons (Fsp3) is 0.500. The molecular weight excluding hydrogens is 232 g/mol. The van der Waals surface area contributed by atoms with Crippen molar-refractivity contribution in [2.24, 2.45) is 10.9 Å². The van der Waals surface area contributed by atoms with Crippen molar-refractivity contribution in [3.8, 4) is 0 Å². The molecule has 0 amide bonds. The predicted octanol–water partition coefficient (Wildman–Crippen LogP) is 0.957. The largest absolute Gasteiger partial charge is 0.409 e. The highest BCUT2D eigenvalue weighted by Gasteiger charge is 2.14. The maximum absolute atomic E-state index is 8.82. The molecule has 100 valence electrons. The van der Waals surface area contributed by atoms with E-state index < -0.39 is 0 Å². The molecule has 3 N–H and O–H groups in total. The zero-order chi connectivity index (χ0) is 13.5. The number of hydrogen-bond acceptors (Lipinski definition) is 5. The molecule has 0 unspecified atom stereocenters. The van der Waals surface area contributed by atoms with E-state index in [0.717, 1.165) is 5.56 Å². The lowest BCUT2D eigenvalue weighted by Gasteiger charge is -2.21. The average molecular weight is 252 g/mol. The molecular formula is C12H20N4O2. The Labute approximate surface area is 107 Å². The summed E-state index contributed by atoms with van der Waals surface area (Å²) in [4.78, 5) is 6.21. The fourth-order valence-corrected chi connectivity index (χ4v) is 1.65. The van der Waals surface area contributed by atoms with Gasteiger partial charge in [-0.15, -0.1) is 0 Å². The summed E-state index contributed by atoms with van der Waals surface area (Å²) in [6.07, 6.45) is 1.70. The molecule has 0 aliphatic heterocycles. The number of nitrogens with two attached hydrogens (primary N) is 1. The molecule has 1 aromatic heterocycles. The van der Waals surface area contributed by atoms with Crippen LogP contribution in [-0.2, 0) is 4.74 Å². The van der Waals surface area contributed by atoms with Gasteiger partial charge in [0.15, 0.2) is 5.84 Å². The summed E-state index contributed by atoms with van der Waals surface area (Å²) in [5.74, 6) is 0.754. The molecule has 6 heteroatoms. The van der Waals surface area contributed by atoms with Crippen LogP contribution in [0.3, 0.4) is 0 Å². The van der Waals surface area contributed by atoms with Crippen LogP contribution in [0, 0.1) is 6.92 Å². The Morgan fingerprint density at radius 1 is 1.61 bits per heavy atom. The lowest BCUT2D eigenvalue weighted by Crippen LogP contribution is -2.28. The molecule has 0 atom stereocenters. The lowest BCUT2D eigenvalue weighted by atomic mass is 10.1. The SMILES string of the molecule is CCOCCN(C)c1nccc(C)c1/C(N)=N/O. The van der Waals surface area contributed by atoms with Gasteiger partial charge in [0.1, 0.15) is 5.82 Å². The van der Waals surface area contributed by atoms with Gasteiger partial charge in [0.2, 0.25) is 0 Å². The summed E-state index contributed by atoms with van der Waals surface area (Å²) in [5, 5.41) is 11.9. The minimum Gasteiger partial charge on any atom is -0.409 e. The van der Waals surface area contributed by atoms with Crippen molar-refractivity contribution >= 4 is 11.7 Å². The van der Waals surface area contributed by atoms with E-state index in [1.165, 1.54) is 0 Å². The minimum atomic E-state index is 0.0684. The highest BCUT2D eigenvalue weighted by molar-refractivity contribution is 6.02. The van der Waals surface area contributed by atoms with Crippen LogP contribution in [0.15, 0.2) is 17.4 Å². The molecule has 0 bridgehead atoms. The molecule has 1 aromatic rings. The molecule has 0 aromatic carbocycles. The Morgan fingerprint density at radius 3 is 2.94 bits per heavy atom. The second kappa shape index (κ2) is 6.80. The number of aromatic nitrogens is 1. The highest BCUT2D eigenvalue weighted by atomic mass is 16.5. The number of amidine groups is 1. The number of hydrogen-bond donors (Lipinski definition) is 2. The van der Waals surface area contributed by atoms with Gasteiger partial charge in [0.05, 0.1) is 12.2 Å². The molecule has 6 nitrogen and oxygen atoms in total. The summed E-state index contributed by atoms with van der Waals surface area (Å²) in [6.45, 7) is 5.83. The van der Waals surface area contributed by atoms with Crippen LogP contribution in [0.25, 0.3) is 0 Å².